The number of methoxy groups -OCH3 is 2. The molecule has 4 aromatic rings. The van der Waals surface area contributed by atoms with E-state index in [1.165, 1.54) is 20.3 Å². The van der Waals surface area contributed by atoms with Gasteiger partial charge in [0.05, 0.1) is 47.6 Å². The summed E-state index contributed by atoms with van der Waals surface area (Å²) in [7, 11) is 3.02. The van der Waals surface area contributed by atoms with Crippen LogP contribution < -0.4 is 9.47 Å². The SMILES string of the molecule is COc1ccc2ncc(F)c(Br)c2n1.COc1ccc2ncc(F)cc2n1. The Bertz CT molecular complexity index is 1110. The van der Waals surface area contributed by atoms with E-state index in [9.17, 15) is 8.78 Å². The van der Waals surface area contributed by atoms with Gasteiger partial charge in [0.2, 0.25) is 11.8 Å². The Morgan fingerprint density at radius 3 is 2.15 bits per heavy atom. The lowest BCUT2D eigenvalue weighted by Crippen LogP contribution is -1.91. The number of pyridine rings is 4. The molecule has 0 aliphatic rings. The molecule has 0 unspecified atom stereocenters. The Kier molecular flexibility index (Phi) is 5.70. The van der Waals surface area contributed by atoms with E-state index in [0.717, 1.165) is 12.4 Å². The van der Waals surface area contributed by atoms with E-state index < -0.39 is 11.6 Å². The highest BCUT2D eigenvalue weighted by atomic mass is 79.9. The van der Waals surface area contributed by atoms with Crippen LogP contribution in [0.3, 0.4) is 0 Å². The van der Waals surface area contributed by atoms with Crippen molar-refractivity contribution in [3.05, 3.63) is 58.8 Å². The molecule has 0 N–H and O–H groups in total. The largest absolute Gasteiger partial charge is 0.481 e. The second-order valence-corrected chi connectivity index (χ2v) is 5.98. The fraction of sp³-hybridized carbons (Fsp3) is 0.111. The molecule has 4 heterocycles. The number of ether oxygens (including phenoxy) is 2. The van der Waals surface area contributed by atoms with Crippen LogP contribution in [-0.2, 0) is 0 Å². The summed E-state index contributed by atoms with van der Waals surface area (Å²) in [5, 5.41) is 0. The first-order valence-corrected chi connectivity index (χ1v) is 8.42. The van der Waals surface area contributed by atoms with Crippen molar-refractivity contribution in [3.8, 4) is 11.8 Å². The number of nitrogens with zero attached hydrogens (tertiary/aromatic N) is 4. The van der Waals surface area contributed by atoms with Crippen molar-refractivity contribution >= 4 is 38.0 Å². The van der Waals surface area contributed by atoms with Crippen molar-refractivity contribution in [2.75, 3.05) is 14.2 Å². The first-order valence-electron chi connectivity index (χ1n) is 7.63. The quantitative estimate of drug-likeness (QED) is 0.467. The van der Waals surface area contributed by atoms with Crippen LogP contribution in [0.25, 0.3) is 22.1 Å². The van der Waals surface area contributed by atoms with Gasteiger partial charge < -0.3 is 9.47 Å². The Morgan fingerprint density at radius 2 is 1.44 bits per heavy atom. The van der Waals surface area contributed by atoms with Gasteiger partial charge in [-0.1, -0.05) is 0 Å². The predicted octanol–water partition coefficient (Wildman–Crippen LogP) is 4.32. The molecule has 0 saturated carbocycles. The second-order valence-electron chi connectivity index (χ2n) is 5.19. The fourth-order valence-electron chi connectivity index (χ4n) is 2.19. The monoisotopic (exact) mass is 434 g/mol. The van der Waals surface area contributed by atoms with Gasteiger partial charge in [0.15, 0.2) is 5.82 Å². The molecule has 138 valence electrons. The third kappa shape index (κ3) is 4.25. The van der Waals surface area contributed by atoms with Gasteiger partial charge in [-0.15, -0.1) is 0 Å². The molecule has 9 heteroatoms. The molecule has 0 atom stereocenters. The Hall–Kier alpha value is -2.94. The molecule has 0 aliphatic heterocycles. The maximum absolute atomic E-state index is 13.1. The average Bonchev–Trinajstić information content (AvgIpc) is 2.70. The molecule has 0 fully saturated rings. The first kappa shape index (κ1) is 18.8. The van der Waals surface area contributed by atoms with Gasteiger partial charge in [-0.3, -0.25) is 9.97 Å². The molecule has 0 bridgehead atoms. The van der Waals surface area contributed by atoms with Crippen molar-refractivity contribution in [1.82, 2.24) is 19.9 Å². The molecule has 0 radical (unpaired) electrons. The van der Waals surface area contributed by atoms with Gasteiger partial charge in [-0.25, -0.2) is 18.7 Å². The summed E-state index contributed by atoms with van der Waals surface area (Å²) in [5.41, 5.74) is 2.24. The number of aromatic nitrogens is 4. The second kappa shape index (κ2) is 8.17. The van der Waals surface area contributed by atoms with Crippen LogP contribution >= 0.6 is 15.9 Å². The Morgan fingerprint density at radius 1 is 0.815 bits per heavy atom. The van der Waals surface area contributed by atoms with Crippen LogP contribution in [0.1, 0.15) is 0 Å². The summed E-state index contributed by atoms with van der Waals surface area (Å²) in [4.78, 5) is 15.9. The van der Waals surface area contributed by atoms with Crippen molar-refractivity contribution in [2.24, 2.45) is 0 Å². The maximum Gasteiger partial charge on any atom is 0.213 e. The minimum absolute atomic E-state index is 0.307. The van der Waals surface area contributed by atoms with Crippen LogP contribution in [0.15, 0.2) is 47.2 Å². The van der Waals surface area contributed by atoms with E-state index in [4.69, 9.17) is 9.47 Å². The van der Waals surface area contributed by atoms with Crippen molar-refractivity contribution in [1.29, 1.82) is 0 Å². The van der Waals surface area contributed by atoms with Crippen molar-refractivity contribution < 1.29 is 18.3 Å². The number of fused-ring (bicyclic) bond motifs is 2. The lowest BCUT2D eigenvalue weighted by atomic mass is 10.3. The van der Waals surface area contributed by atoms with Crippen molar-refractivity contribution in [2.45, 2.75) is 0 Å². The molecule has 0 amide bonds. The van der Waals surface area contributed by atoms with Crippen LogP contribution in [0.4, 0.5) is 8.78 Å². The summed E-state index contributed by atoms with van der Waals surface area (Å²) in [6.07, 6.45) is 2.32. The molecule has 0 saturated heterocycles. The third-order valence-corrected chi connectivity index (χ3v) is 4.23. The van der Waals surface area contributed by atoms with Gasteiger partial charge in [-0.05, 0) is 28.1 Å². The summed E-state index contributed by atoms with van der Waals surface area (Å²) >= 11 is 3.11. The number of hydrogen-bond acceptors (Lipinski definition) is 6. The molecular formula is C18H13BrF2N4O2. The van der Waals surface area contributed by atoms with Crippen LogP contribution in [-0.4, -0.2) is 34.2 Å². The third-order valence-electron chi connectivity index (χ3n) is 3.48. The first-order chi connectivity index (χ1) is 13.0. The van der Waals surface area contributed by atoms with Gasteiger partial charge in [0.1, 0.15) is 11.3 Å². The number of rotatable bonds is 2. The zero-order valence-electron chi connectivity index (χ0n) is 14.3. The number of hydrogen-bond donors (Lipinski definition) is 0. The lowest BCUT2D eigenvalue weighted by molar-refractivity contribution is 0.399. The predicted molar refractivity (Wildman–Crippen MR) is 99.8 cm³/mol. The highest BCUT2D eigenvalue weighted by molar-refractivity contribution is 9.10. The van der Waals surface area contributed by atoms with E-state index in [-0.39, 0.29) is 0 Å². The van der Waals surface area contributed by atoms with E-state index in [0.29, 0.717) is 38.3 Å². The molecule has 4 aromatic heterocycles. The minimum Gasteiger partial charge on any atom is -0.481 e. The van der Waals surface area contributed by atoms with Crippen molar-refractivity contribution in [3.63, 3.8) is 0 Å². The minimum atomic E-state index is -0.432. The zero-order chi connectivity index (χ0) is 19.4. The molecule has 0 aromatic carbocycles. The van der Waals surface area contributed by atoms with E-state index in [1.54, 1.807) is 24.3 Å². The normalized spacial score (nSPS) is 10.4. The Balaban J connectivity index is 0.000000156. The maximum atomic E-state index is 13.1. The van der Waals surface area contributed by atoms with Crippen LogP contribution in [0.5, 0.6) is 11.8 Å². The smallest absolute Gasteiger partial charge is 0.213 e. The molecule has 0 aliphatic carbocycles. The van der Waals surface area contributed by atoms with E-state index in [1.807, 2.05) is 0 Å². The highest BCUT2D eigenvalue weighted by Gasteiger charge is 2.08. The van der Waals surface area contributed by atoms with E-state index in [2.05, 4.69) is 35.9 Å². The van der Waals surface area contributed by atoms with E-state index >= 15 is 0 Å². The standard InChI is InChI=1S/C9H6BrFN2O.C9H7FN2O/c1-14-7-3-2-6-9(13-7)8(10)5(11)4-12-6;1-13-9-3-2-7-8(12-9)4-6(10)5-11-7/h2-4H,1H3;2-5H,1H3. The lowest BCUT2D eigenvalue weighted by Gasteiger charge is -2.02. The van der Waals surface area contributed by atoms with Gasteiger partial charge >= 0.3 is 0 Å². The topological polar surface area (TPSA) is 70.0 Å². The summed E-state index contributed by atoms with van der Waals surface area (Å²) in [5.74, 6) is 0.0667. The molecule has 4 rings (SSSR count). The Labute approximate surface area is 161 Å². The van der Waals surface area contributed by atoms with Crippen LogP contribution in [0.2, 0.25) is 0 Å². The average molecular weight is 435 g/mol. The molecule has 6 nitrogen and oxygen atoms in total. The summed E-state index contributed by atoms with van der Waals surface area (Å²) in [6, 6.07) is 8.16. The zero-order valence-corrected chi connectivity index (χ0v) is 15.9. The van der Waals surface area contributed by atoms with Gasteiger partial charge in [0, 0.05) is 18.2 Å². The molecule has 0 spiro atoms. The highest BCUT2D eigenvalue weighted by Crippen LogP contribution is 2.25. The summed E-state index contributed by atoms with van der Waals surface area (Å²) in [6.45, 7) is 0. The van der Waals surface area contributed by atoms with Gasteiger partial charge in [-0.2, -0.15) is 0 Å². The number of halogens is 3. The van der Waals surface area contributed by atoms with Gasteiger partial charge in [0.25, 0.3) is 0 Å². The molecule has 27 heavy (non-hydrogen) atoms. The summed E-state index contributed by atoms with van der Waals surface area (Å²) < 4.78 is 36.0. The van der Waals surface area contributed by atoms with Crippen LogP contribution in [0, 0.1) is 11.6 Å². The fourth-order valence-corrected chi connectivity index (χ4v) is 2.58. The molecular weight excluding hydrogens is 422 g/mol.